The van der Waals surface area contributed by atoms with Gasteiger partial charge in [0, 0.05) is 0 Å². The van der Waals surface area contributed by atoms with Crippen molar-refractivity contribution >= 4 is 59.1 Å². The third kappa shape index (κ3) is 6.21. The minimum absolute atomic E-state index is 0.535. The molecule has 2 aromatic carbocycles. The first-order valence-corrected chi connectivity index (χ1v) is 16.6. The van der Waals surface area contributed by atoms with Crippen molar-refractivity contribution in [1.82, 2.24) is 0 Å². The van der Waals surface area contributed by atoms with Crippen molar-refractivity contribution < 1.29 is 0 Å². The summed E-state index contributed by atoms with van der Waals surface area (Å²) in [5.41, 5.74) is 0. The van der Waals surface area contributed by atoms with E-state index < -0.39 is 0 Å². The van der Waals surface area contributed by atoms with Crippen LogP contribution in [0.3, 0.4) is 0 Å². The van der Waals surface area contributed by atoms with Gasteiger partial charge in [-0.15, -0.1) is 0 Å². The van der Waals surface area contributed by atoms with Crippen LogP contribution in [-0.2, 0) is 12.8 Å². The van der Waals surface area contributed by atoms with Crippen LogP contribution in [0.2, 0.25) is 0 Å². The Kier molecular flexibility index (Phi) is 9.60. The number of hydrogen-bond donors (Lipinski definition) is 0. The second-order valence-electron chi connectivity index (χ2n) is 9.52. The molecule has 2 aromatic heterocycles. The van der Waals surface area contributed by atoms with Gasteiger partial charge < -0.3 is 0 Å². The van der Waals surface area contributed by atoms with Gasteiger partial charge in [0.05, 0.1) is 0 Å². The zero-order chi connectivity index (χ0) is 22.2. The normalized spacial score (nSPS) is 11.9. The van der Waals surface area contributed by atoms with Crippen LogP contribution in [0, 0.1) is 0 Å². The Morgan fingerprint density at radius 2 is 0.906 bits per heavy atom. The van der Waals surface area contributed by atoms with Crippen LogP contribution in [0.5, 0.6) is 0 Å². The van der Waals surface area contributed by atoms with E-state index in [4.69, 9.17) is 0 Å². The van der Waals surface area contributed by atoms with Gasteiger partial charge in [-0.2, -0.15) is 0 Å². The van der Waals surface area contributed by atoms with Gasteiger partial charge >= 0.3 is 208 Å². The van der Waals surface area contributed by atoms with E-state index in [-0.39, 0.29) is 0 Å². The van der Waals surface area contributed by atoms with E-state index in [0.717, 1.165) is 0 Å². The van der Waals surface area contributed by atoms with Crippen LogP contribution in [0.4, 0.5) is 0 Å². The molecule has 4 rings (SSSR count). The average Bonchev–Trinajstić information content (AvgIpc) is 3.42. The second-order valence-corrected chi connectivity index (χ2v) is 14.3. The summed E-state index contributed by atoms with van der Waals surface area (Å²) in [7, 11) is 0. The molecule has 0 nitrogen and oxygen atoms in total. The van der Waals surface area contributed by atoms with Crippen molar-refractivity contribution in [2.45, 2.75) is 104 Å². The SMILES string of the molecule is CCCCCCCCc1cc2ccc3c(ccc4cc(CCCCCCCC)[se]c43)c2[se]1. The summed E-state index contributed by atoms with van der Waals surface area (Å²) >= 11 is 1.07. The van der Waals surface area contributed by atoms with Gasteiger partial charge in [-0.25, -0.2) is 0 Å². The predicted octanol–water partition coefficient (Wildman–Crippen LogP) is 9.07. The maximum absolute atomic E-state index is 2.53. The molecule has 0 spiro atoms. The molecular formula is C30H40Se2. The topological polar surface area (TPSA) is 0 Å². The Bertz CT molecular complexity index is 1020. The predicted molar refractivity (Wildman–Crippen MR) is 147 cm³/mol. The van der Waals surface area contributed by atoms with Crippen LogP contribution >= 0.6 is 0 Å². The van der Waals surface area contributed by atoms with Crippen LogP contribution in [0.15, 0.2) is 36.4 Å². The third-order valence-corrected chi connectivity index (χ3v) is 12.0. The molecule has 0 aliphatic heterocycles. The number of rotatable bonds is 14. The number of unbranched alkanes of at least 4 members (excludes halogenated alkanes) is 10. The van der Waals surface area contributed by atoms with Crippen LogP contribution < -0.4 is 0 Å². The molecule has 4 aromatic rings. The van der Waals surface area contributed by atoms with Gasteiger partial charge in [-0.3, -0.25) is 0 Å². The molecule has 0 aliphatic carbocycles. The molecule has 172 valence electrons. The summed E-state index contributed by atoms with van der Waals surface area (Å²) in [6.45, 7) is 4.60. The average molecular weight is 559 g/mol. The summed E-state index contributed by atoms with van der Waals surface area (Å²) in [5, 5.41) is 6.16. The summed E-state index contributed by atoms with van der Waals surface area (Å²) in [5.74, 6) is 0. The molecule has 0 saturated heterocycles. The molecule has 0 amide bonds. The Hall–Kier alpha value is -0.781. The van der Waals surface area contributed by atoms with E-state index in [2.05, 4.69) is 50.2 Å². The molecular weight excluding hydrogens is 518 g/mol. The van der Waals surface area contributed by atoms with Crippen molar-refractivity contribution in [1.29, 1.82) is 0 Å². The van der Waals surface area contributed by atoms with Crippen molar-refractivity contribution in [2.75, 3.05) is 0 Å². The fourth-order valence-corrected chi connectivity index (χ4v) is 10.1. The molecule has 0 atom stereocenters. The fraction of sp³-hybridized carbons (Fsp3) is 0.533. The van der Waals surface area contributed by atoms with E-state index >= 15 is 0 Å². The van der Waals surface area contributed by atoms with Gasteiger partial charge in [-0.05, 0) is 0 Å². The summed E-state index contributed by atoms with van der Waals surface area (Å²) in [6.07, 6.45) is 19.4. The Balaban J connectivity index is 1.44. The Labute approximate surface area is 207 Å². The number of hydrogen-bond acceptors (Lipinski definition) is 0. The van der Waals surface area contributed by atoms with Gasteiger partial charge in [0.2, 0.25) is 0 Å². The first-order valence-electron chi connectivity index (χ1n) is 13.2. The molecule has 0 radical (unpaired) electrons. The Morgan fingerprint density at radius 1 is 0.500 bits per heavy atom. The first kappa shape index (κ1) is 24.3. The van der Waals surface area contributed by atoms with Crippen molar-refractivity contribution in [2.24, 2.45) is 0 Å². The monoisotopic (exact) mass is 560 g/mol. The van der Waals surface area contributed by atoms with Crippen molar-refractivity contribution in [3.63, 3.8) is 0 Å². The van der Waals surface area contributed by atoms with Gasteiger partial charge in [0.15, 0.2) is 0 Å². The number of benzene rings is 2. The van der Waals surface area contributed by atoms with Crippen molar-refractivity contribution in [3.05, 3.63) is 45.3 Å². The van der Waals surface area contributed by atoms with Crippen molar-refractivity contribution in [3.8, 4) is 0 Å². The standard InChI is InChI=1S/C30H40Se2/c1-3-5-7-9-11-13-15-25-21-23-17-19-28-27(29(23)31-25)20-18-24-22-26(32-30(24)28)16-14-12-10-8-6-4-2/h17-22H,3-16H2,1-2H3. The second kappa shape index (κ2) is 12.6. The summed E-state index contributed by atoms with van der Waals surface area (Å²) in [6, 6.07) is 14.8. The molecule has 0 N–H and O–H groups in total. The van der Waals surface area contributed by atoms with Crippen LogP contribution in [0.1, 0.15) is 99.8 Å². The van der Waals surface area contributed by atoms with E-state index in [0.29, 0.717) is 29.0 Å². The van der Waals surface area contributed by atoms with E-state index in [9.17, 15) is 0 Å². The number of aryl methyl sites for hydroxylation is 2. The van der Waals surface area contributed by atoms with Gasteiger partial charge in [0.1, 0.15) is 0 Å². The van der Waals surface area contributed by atoms with E-state index in [1.165, 1.54) is 101 Å². The molecule has 2 heteroatoms. The molecule has 32 heavy (non-hydrogen) atoms. The van der Waals surface area contributed by atoms with Crippen LogP contribution in [-0.4, -0.2) is 29.0 Å². The molecule has 0 bridgehead atoms. The quantitative estimate of drug-likeness (QED) is 0.107. The minimum atomic E-state index is 0.535. The molecule has 0 aliphatic rings. The van der Waals surface area contributed by atoms with E-state index in [1.807, 2.05) is 0 Å². The first-order chi connectivity index (χ1) is 15.8. The fourth-order valence-electron chi connectivity index (χ4n) is 4.91. The van der Waals surface area contributed by atoms with Gasteiger partial charge in [-0.1, -0.05) is 0 Å². The zero-order valence-corrected chi connectivity index (χ0v) is 23.6. The van der Waals surface area contributed by atoms with Gasteiger partial charge in [0.25, 0.3) is 0 Å². The molecule has 2 heterocycles. The molecule has 0 unspecified atom stereocenters. The van der Waals surface area contributed by atoms with E-state index in [1.54, 1.807) is 28.2 Å². The molecule has 0 saturated carbocycles. The van der Waals surface area contributed by atoms with Crippen LogP contribution in [0.25, 0.3) is 30.1 Å². The summed E-state index contributed by atoms with van der Waals surface area (Å²) < 4.78 is 6.78. The summed E-state index contributed by atoms with van der Waals surface area (Å²) in [4.78, 5) is 0. The zero-order valence-electron chi connectivity index (χ0n) is 20.2. The maximum atomic E-state index is 2.53. The molecule has 0 fully saturated rings. The number of fused-ring (bicyclic) bond motifs is 5. The Morgan fingerprint density at radius 3 is 1.34 bits per heavy atom. The third-order valence-electron chi connectivity index (χ3n) is 6.82.